The van der Waals surface area contributed by atoms with Crippen LogP contribution in [0.1, 0.15) is 42.5 Å². The third-order valence-electron chi connectivity index (χ3n) is 4.54. The Labute approximate surface area is 151 Å². The maximum Gasteiger partial charge on any atom is 0.342 e. The van der Waals surface area contributed by atoms with Crippen LogP contribution < -0.4 is 15.2 Å². The van der Waals surface area contributed by atoms with Crippen LogP contribution in [0.2, 0.25) is 0 Å². The monoisotopic (exact) mass is 361 g/mol. The van der Waals surface area contributed by atoms with Gasteiger partial charge < -0.3 is 19.9 Å². The van der Waals surface area contributed by atoms with E-state index in [1.165, 1.54) is 17.8 Å². The fraction of sp³-hybridized carbons (Fsp3) is 0.421. The zero-order valence-corrected chi connectivity index (χ0v) is 15.4. The van der Waals surface area contributed by atoms with E-state index in [2.05, 4.69) is 0 Å². The summed E-state index contributed by atoms with van der Waals surface area (Å²) in [6.45, 7) is 0. The van der Waals surface area contributed by atoms with Crippen molar-refractivity contribution in [3.8, 4) is 22.6 Å². The summed E-state index contributed by atoms with van der Waals surface area (Å²) in [4.78, 5) is 12.7. The highest BCUT2D eigenvalue weighted by Gasteiger charge is 2.24. The molecule has 1 saturated carbocycles. The molecule has 1 aliphatic rings. The van der Waals surface area contributed by atoms with Crippen LogP contribution >= 0.6 is 11.3 Å². The number of carbonyl (C=O) groups is 1. The summed E-state index contributed by atoms with van der Waals surface area (Å²) in [6.07, 6.45) is 5.30. The van der Waals surface area contributed by atoms with Gasteiger partial charge in [-0.05, 0) is 43.4 Å². The Balaban J connectivity index is 1.89. The molecule has 0 unspecified atom stereocenters. The van der Waals surface area contributed by atoms with Gasteiger partial charge in [0.1, 0.15) is 16.7 Å². The quantitative estimate of drug-likeness (QED) is 0.794. The van der Waals surface area contributed by atoms with Crippen molar-refractivity contribution in [1.82, 2.24) is 0 Å². The van der Waals surface area contributed by atoms with Crippen LogP contribution in [0.15, 0.2) is 23.6 Å². The first-order valence-corrected chi connectivity index (χ1v) is 9.32. The second-order valence-electron chi connectivity index (χ2n) is 6.12. The SMILES string of the molecule is COc1ccc(-c2csc(N)c2C(=O)OC2CCCCC2)cc1OC. The zero-order valence-electron chi connectivity index (χ0n) is 14.5. The lowest BCUT2D eigenvalue weighted by Crippen LogP contribution is -2.21. The molecule has 1 fully saturated rings. The van der Waals surface area contributed by atoms with E-state index in [4.69, 9.17) is 19.9 Å². The molecule has 0 bridgehead atoms. The molecule has 1 heterocycles. The average molecular weight is 361 g/mol. The Morgan fingerprint density at radius 2 is 1.84 bits per heavy atom. The van der Waals surface area contributed by atoms with Gasteiger partial charge in [0, 0.05) is 10.9 Å². The zero-order chi connectivity index (χ0) is 17.8. The predicted molar refractivity (Wildman–Crippen MR) is 99.6 cm³/mol. The summed E-state index contributed by atoms with van der Waals surface area (Å²) in [5, 5.41) is 2.36. The summed E-state index contributed by atoms with van der Waals surface area (Å²) < 4.78 is 16.3. The summed E-state index contributed by atoms with van der Waals surface area (Å²) in [5.74, 6) is 0.910. The van der Waals surface area contributed by atoms with Crippen LogP contribution in [-0.4, -0.2) is 26.3 Å². The van der Waals surface area contributed by atoms with Crippen LogP contribution in [0.5, 0.6) is 11.5 Å². The van der Waals surface area contributed by atoms with E-state index in [0.29, 0.717) is 22.1 Å². The van der Waals surface area contributed by atoms with E-state index in [1.54, 1.807) is 14.2 Å². The molecule has 0 radical (unpaired) electrons. The predicted octanol–water partition coefficient (Wildman–Crippen LogP) is 4.50. The molecular weight excluding hydrogens is 338 g/mol. The largest absolute Gasteiger partial charge is 0.493 e. The van der Waals surface area contributed by atoms with Gasteiger partial charge in [0.25, 0.3) is 0 Å². The Kier molecular flexibility index (Phi) is 5.48. The molecule has 134 valence electrons. The second kappa shape index (κ2) is 7.78. The number of carbonyl (C=O) groups excluding carboxylic acids is 1. The molecule has 1 aromatic heterocycles. The van der Waals surface area contributed by atoms with Gasteiger partial charge in [-0.3, -0.25) is 0 Å². The Morgan fingerprint density at radius 3 is 2.52 bits per heavy atom. The summed E-state index contributed by atoms with van der Waals surface area (Å²) in [6, 6.07) is 5.55. The highest BCUT2D eigenvalue weighted by atomic mass is 32.1. The van der Waals surface area contributed by atoms with Crippen LogP contribution in [0.25, 0.3) is 11.1 Å². The lowest BCUT2D eigenvalue weighted by molar-refractivity contribution is 0.0214. The molecule has 0 aliphatic heterocycles. The molecule has 25 heavy (non-hydrogen) atoms. The molecule has 2 N–H and O–H groups in total. The van der Waals surface area contributed by atoms with Crippen molar-refractivity contribution < 1.29 is 19.0 Å². The highest BCUT2D eigenvalue weighted by molar-refractivity contribution is 7.14. The number of rotatable bonds is 5. The van der Waals surface area contributed by atoms with Crippen LogP contribution in [0.4, 0.5) is 5.00 Å². The number of thiophene rings is 1. The number of ether oxygens (including phenoxy) is 3. The normalized spacial score (nSPS) is 15.0. The smallest absolute Gasteiger partial charge is 0.342 e. The standard InChI is InChI=1S/C19H23NO4S/c1-22-15-9-8-12(10-16(15)23-2)14-11-25-18(20)17(14)19(21)24-13-6-4-3-5-7-13/h8-11,13H,3-7,20H2,1-2H3. The van der Waals surface area contributed by atoms with E-state index in [-0.39, 0.29) is 12.1 Å². The van der Waals surface area contributed by atoms with Gasteiger partial charge in [-0.2, -0.15) is 0 Å². The number of anilines is 1. The van der Waals surface area contributed by atoms with E-state index < -0.39 is 0 Å². The third-order valence-corrected chi connectivity index (χ3v) is 5.36. The molecule has 0 atom stereocenters. The van der Waals surface area contributed by atoms with Gasteiger partial charge in [0.2, 0.25) is 0 Å². The van der Waals surface area contributed by atoms with Crippen molar-refractivity contribution in [3.63, 3.8) is 0 Å². The summed E-state index contributed by atoms with van der Waals surface area (Å²) >= 11 is 1.34. The molecule has 0 saturated heterocycles. The van der Waals surface area contributed by atoms with E-state index in [0.717, 1.165) is 36.8 Å². The summed E-state index contributed by atoms with van der Waals surface area (Å²) in [7, 11) is 3.18. The van der Waals surface area contributed by atoms with Gasteiger partial charge in [-0.25, -0.2) is 4.79 Å². The molecule has 1 aliphatic carbocycles. The Morgan fingerprint density at radius 1 is 1.12 bits per heavy atom. The summed E-state index contributed by atoms with van der Waals surface area (Å²) in [5.41, 5.74) is 8.14. The number of nitrogens with two attached hydrogens (primary N) is 1. The average Bonchev–Trinajstić information content (AvgIpc) is 3.03. The van der Waals surface area contributed by atoms with E-state index in [1.807, 2.05) is 23.6 Å². The second-order valence-corrected chi connectivity index (χ2v) is 7.03. The molecule has 0 amide bonds. The van der Waals surface area contributed by atoms with E-state index in [9.17, 15) is 4.79 Å². The molecular formula is C19H23NO4S. The minimum atomic E-state index is -0.338. The van der Waals surface area contributed by atoms with Gasteiger partial charge in [-0.15, -0.1) is 11.3 Å². The molecule has 3 rings (SSSR count). The highest BCUT2D eigenvalue weighted by Crippen LogP contribution is 2.38. The fourth-order valence-corrected chi connectivity index (χ4v) is 4.00. The topological polar surface area (TPSA) is 70.8 Å². The first-order chi connectivity index (χ1) is 12.1. The van der Waals surface area contributed by atoms with Crippen LogP contribution in [-0.2, 0) is 4.74 Å². The Hall–Kier alpha value is -2.21. The number of methoxy groups -OCH3 is 2. The minimum absolute atomic E-state index is 0.00111. The molecule has 5 nitrogen and oxygen atoms in total. The van der Waals surface area contributed by atoms with Gasteiger partial charge in [0.05, 0.1) is 14.2 Å². The van der Waals surface area contributed by atoms with Crippen molar-refractivity contribution in [2.75, 3.05) is 20.0 Å². The third kappa shape index (κ3) is 3.74. The molecule has 0 spiro atoms. The van der Waals surface area contributed by atoms with Crippen molar-refractivity contribution in [2.24, 2.45) is 0 Å². The van der Waals surface area contributed by atoms with Crippen molar-refractivity contribution in [3.05, 3.63) is 29.1 Å². The number of esters is 1. The first kappa shape index (κ1) is 17.6. The van der Waals surface area contributed by atoms with Crippen molar-refractivity contribution in [1.29, 1.82) is 0 Å². The maximum atomic E-state index is 12.7. The van der Waals surface area contributed by atoms with Crippen molar-refractivity contribution in [2.45, 2.75) is 38.2 Å². The van der Waals surface area contributed by atoms with Gasteiger partial charge in [0.15, 0.2) is 11.5 Å². The molecule has 2 aromatic rings. The molecule has 6 heteroatoms. The Bertz CT molecular complexity index is 750. The lowest BCUT2D eigenvalue weighted by atomic mass is 9.97. The number of nitrogen functional groups attached to an aromatic ring is 1. The van der Waals surface area contributed by atoms with Crippen LogP contribution in [0.3, 0.4) is 0 Å². The maximum absolute atomic E-state index is 12.7. The minimum Gasteiger partial charge on any atom is -0.493 e. The first-order valence-electron chi connectivity index (χ1n) is 8.44. The van der Waals surface area contributed by atoms with E-state index >= 15 is 0 Å². The number of benzene rings is 1. The van der Waals surface area contributed by atoms with Gasteiger partial charge in [-0.1, -0.05) is 12.5 Å². The number of hydrogen-bond donors (Lipinski definition) is 1. The van der Waals surface area contributed by atoms with Crippen LogP contribution in [0, 0.1) is 0 Å². The lowest BCUT2D eigenvalue weighted by Gasteiger charge is -2.22. The fourth-order valence-electron chi connectivity index (χ4n) is 3.19. The van der Waals surface area contributed by atoms with Gasteiger partial charge >= 0.3 is 5.97 Å². The molecule has 1 aromatic carbocycles. The van der Waals surface area contributed by atoms with Crippen molar-refractivity contribution >= 4 is 22.3 Å². The number of hydrogen-bond acceptors (Lipinski definition) is 6.